The summed E-state index contributed by atoms with van der Waals surface area (Å²) in [6.45, 7) is 0. The average molecular weight is 281 g/mol. The summed E-state index contributed by atoms with van der Waals surface area (Å²) in [7, 11) is 0. The van der Waals surface area contributed by atoms with Crippen LogP contribution in [0.2, 0.25) is 0 Å². The monoisotopic (exact) mass is 280 g/mol. The van der Waals surface area contributed by atoms with E-state index in [1.807, 2.05) is 0 Å². The number of hydrogen-bond donors (Lipinski definition) is 0. The molecule has 0 unspecified atom stereocenters. The van der Waals surface area contributed by atoms with Crippen molar-refractivity contribution in [2.75, 3.05) is 0 Å². The second-order valence-corrected chi connectivity index (χ2v) is 8.10. The molecule has 0 aromatic carbocycles. The van der Waals surface area contributed by atoms with Crippen molar-refractivity contribution in [1.82, 2.24) is 0 Å². The summed E-state index contributed by atoms with van der Waals surface area (Å²) >= 11 is 4.37. The fourth-order valence-corrected chi connectivity index (χ4v) is 6.08. The van der Waals surface area contributed by atoms with Crippen LogP contribution in [0.3, 0.4) is 0 Å². The van der Waals surface area contributed by atoms with Crippen LogP contribution >= 0.6 is 23.5 Å². The quantitative estimate of drug-likeness (QED) is 0.490. The highest BCUT2D eigenvalue weighted by atomic mass is 32.2. The first-order valence-electron chi connectivity index (χ1n) is 7.73. The van der Waals surface area contributed by atoms with Crippen LogP contribution in [0, 0.1) is 0 Å². The number of rotatable bonds is 0. The van der Waals surface area contributed by atoms with E-state index in [1.165, 1.54) is 77.0 Å². The van der Waals surface area contributed by atoms with Crippen LogP contribution in [0.1, 0.15) is 77.0 Å². The first-order chi connectivity index (χ1) is 8.93. The first kappa shape index (κ1) is 13.2. The van der Waals surface area contributed by atoms with Gasteiger partial charge in [-0.1, -0.05) is 49.2 Å². The lowest BCUT2D eigenvalue weighted by atomic mass is 10.1. The van der Waals surface area contributed by atoms with Crippen LogP contribution in [0.5, 0.6) is 0 Å². The molecule has 1 aliphatic heterocycles. The molecular formula is C16H24S2. The van der Waals surface area contributed by atoms with E-state index in [1.54, 1.807) is 19.6 Å². The molecule has 0 spiro atoms. The fraction of sp³-hybridized carbons (Fsp3) is 0.750. The van der Waals surface area contributed by atoms with E-state index in [2.05, 4.69) is 23.5 Å². The van der Waals surface area contributed by atoms with E-state index in [-0.39, 0.29) is 0 Å². The van der Waals surface area contributed by atoms with Gasteiger partial charge in [0.1, 0.15) is 0 Å². The molecule has 0 nitrogen and oxygen atoms in total. The van der Waals surface area contributed by atoms with Crippen LogP contribution in [-0.2, 0) is 0 Å². The Balaban J connectivity index is 1.76. The third-order valence-corrected chi connectivity index (χ3v) is 7.28. The standard InChI is InChI=1S/C16H24S2/c1-2-6-10-14-13(9-5-1)17-15-11-7-3-4-8-12-16(15)18-14/h1-12H2. The largest absolute Gasteiger partial charge is 0.0973 e. The molecule has 0 N–H and O–H groups in total. The van der Waals surface area contributed by atoms with Gasteiger partial charge in [0, 0.05) is 0 Å². The number of hydrogen-bond acceptors (Lipinski definition) is 2. The molecule has 100 valence electrons. The molecular weight excluding hydrogens is 256 g/mol. The zero-order valence-electron chi connectivity index (χ0n) is 11.3. The normalized spacial score (nSPS) is 26.7. The van der Waals surface area contributed by atoms with Gasteiger partial charge in [-0.25, -0.2) is 0 Å². The fourth-order valence-electron chi connectivity index (χ4n) is 3.14. The molecule has 0 aromatic rings. The minimum Gasteiger partial charge on any atom is -0.0973 e. The Morgan fingerprint density at radius 1 is 0.389 bits per heavy atom. The van der Waals surface area contributed by atoms with Gasteiger partial charge < -0.3 is 0 Å². The van der Waals surface area contributed by atoms with Crippen LogP contribution in [0.25, 0.3) is 0 Å². The molecule has 2 heteroatoms. The average Bonchev–Trinajstić information content (AvgIpc) is 2.32. The number of thioether (sulfide) groups is 2. The lowest BCUT2D eigenvalue weighted by molar-refractivity contribution is 0.625. The van der Waals surface area contributed by atoms with Gasteiger partial charge in [-0.15, -0.1) is 0 Å². The zero-order valence-corrected chi connectivity index (χ0v) is 12.9. The van der Waals surface area contributed by atoms with Gasteiger partial charge in [-0.05, 0) is 71.0 Å². The summed E-state index contributed by atoms with van der Waals surface area (Å²) in [6.07, 6.45) is 17.0. The van der Waals surface area contributed by atoms with Gasteiger partial charge >= 0.3 is 0 Å². The maximum atomic E-state index is 2.18. The minimum absolute atomic E-state index is 1.36. The van der Waals surface area contributed by atoms with Crippen LogP contribution < -0.4 is 0 Å². The van der Waals surface area contributed by atoms with Crippen molar-refractivity contribution in [1.29, 1.82) is 0 Å². The molecule has 0 amide bonds. The molecule has 3 rings (SSSR count). The Hall–Kier alpha value is 0.180. The highest BCUT2D eigenvalue weighted by molar-refractivity contribution is 8.13. The maximum Gasteiger partial charge on any atom is -0.000682 e. The summed E-state index contributed by atoms with van der Waals surface area (Å²) < 4.78 is 0. The summed E-state index contributed by atoms with van der Waals surface area (Å²) in [5.74, 6) is 0. The van der Waals surface area contributed by atoms with E-state index < -0.39 is 0 Å². The maximum absolute atomic E-state index is 2.18. The lowest BCUT2D eigenvalue weighted by Gasteiger charge is -2.27. The molecule has 0 fully saturated rings. The van der Waals surface area contributed by atoms with Gasteiger partial charge in [0.2, 0.25) is 0 Å². The Bertz CT molecular complexity index is 297. The van der Waals surface area contributed by atoms with E-state index >= 15 is 0 Å². The Labute approximate surface area is 120 Å². The highest BCUT2D eigenvalue weighted by Crippen LogP contribution is 2.52. The third kappa shape index (κ3) is 3.19. The van der Waals surface area contributed by atoms with Gasteiger partial charge in [-0.3, -0.25) is 0 Å². The molecule has 2 aliphatic carbocycles. The van der Waals surface area contributed by atoms with Gasteiger partial charge in [0.25, 0.3) is 0 Å². The van der Waals surface area contributed by atoms with Crippen molar-refractivity contribution in [2.24, 2.45) is 0 Å². The summed E-state index contributed by atoms with van der Waals surface area (Å²) in [6, 6.07) is 0. The van der Waals surface area contributed by atoms with Crippen molar-refractivity contribution >= 4 is 23.5 Å². The molecule has 0 atom stereocenters. The topological polar surface area (TPSA) is 0 Å². The van der Waals surface area contributed by atoms with Crippen molar-refractivity contribution in [2.45, 2.75) is 77.0 Å². The van der Waals surface area contributed by atoms with Gasteiger partial charge in [0.05, 0.1) is 0 Å². The molecule has 18 heavy (non-hydrogen) atoms. The van der Waals surface area contributed by atoms with Crippen molar-refractivity contribution in [3.05, 3.63) is 19.6 Å². The highest BCUT2D eigenvalue weighted by Gasteiger charge is 2.23. The van der Waals surface area contributed by atoms with Crippen molar-refractivity contribution < 1.29 is 0 Å². The lowest BCUT2D eigenvalue weighted by Crippen LogP contribution is -2.02. The Kier molecular flexibility index (Phi) is 4.80. The van der Waals surface area contributed by atoms with Crippen molar-refractivity contribution in [3.8, 4) is 0 Å². The molecule has 0 saturated carbocycles. The number of allylic oxidation sites excluding steroid dienone is 4. The van der Waals surface area contributed by atoms with Crippen molar-refractivity contribution in [3.63, 3.8) is 0 Å². The molecule has 0 aromatic heterocycles. The van der Waals surface area contributed by atoms with E-state index in [0.717, 1.165) is 0 Å². The molecule has 0 saturated heterocycles. The minimum atomic E-state index is 1.36. The van der Waals surface area contributed by atoms with Gasteiger partial charge in [0.15, 0.2) is 0 Å². The zero-order chi connectivity index (χ0) is 12.2. The predicted molar refractivity (Wildman–Crippen MR) is 84.6 cm³/mol. The molecule has 0 bridgehead atoms. The van der Waals surface area contributed by atoms with Gasteiger partial charge in [-0.2, -0.15) is 0 Å². The Morgan fingerprint density at radius 2 is 0.667 bits per heavy atom. The predicted octanol–water partition coefficient (Wildman–Crippen LogP) is 6.60. The first-order valence-corrected chi connectivity index (χ1v) is 9.36. The summed E-state index contributed by atoms with van der Waals surface area (Å²) in [5, 5.41) is 0. The second-order valence-electron chi connectivity index (χ2n) is 5.73. The smallest absolute Gasteiger partial charge is 0.000682 e. The van der Waals surface area contributed by atoms with Crippen LogP contribution in [0.4, 0.5) is 0 Å². The summed E-state index contributed by atoms with van der Waals surface area (Å²) in [4.78, 5) is 7.00. The van der Waals surface area contributed by atoms with E-state index in [4.69, 9.17) is 0 Å². The van der Waals surface area contributed by atoms with E-state index in [9.17, 15) is 0 Å². The summed E-state index contributed by atoms with van der Waals surface area (Å²) in [5.41, 5.74) is 0. The van der Waals surface area contributed by atoms with E-state index in [0.29, 0.717) is 0 Å². The van der Waals surface area contributed by atoms with Crippen LogP contribution in [0.15, 0.2) is 19.6 Å². The SMILES string of the molecule is C1CCCC2=C(CC1)SC1=C(CCCCCC1)S2. The molecule has 1 heterocycles. The Morgan fingerprint density at radius 3 is 0.944 bits per heavy atom. The third-order valence-electron chi connectivity index (χ3n) is 4.23. The van der Waals surface area contributed by atoms with Crippen LogP contribution in [-0.4, -0.2) is 0 Å². The molecule has 0 radical (unpaired) electrons. The molecule has 3 aliphatic rings. The second kappa shape index (κ2) is 6.56.